The lowest BCUT2D eigenvalue weighted by atomic mass is 10.5. The first-order valence-corrected chi connectivity index (χ1v) is 6.46. The first-order valence-electron chi connectivity index (χ1n) is 4.74. The van der Waals surface area contributed by atoms with E-state index in [9.17, 15) is 9.00 Å². The zero-order valence-corrected chi connectivity index (χ0v) is 9.74. The van der Waals surface area contributed by atoms with Crippen molar-refractivity contribution in [3.05, 3.63) is 11.9 Å². The van der Waals surface area contributed by atoms with Crippen LogP contribution in [0.3, 0.4) is 0 Å². The molecule has 0 bridgehead atoms. The van der Waals surface area contributed by atoms with Crippen molar-refractivity contribution >= 4 is 16.8 Å². The number of aromatic carboxylic acids is 1. The first-order chi connectivity index (χ1) is 7.59. The molecule has 0 aliphatic carbocycles. The number of hydrogen-bond acceptors (Lipinski definition) is 5. The van der Waals surface area contributed by atoms with Crippen molar-refractivity contribution in [2.45, 2.75) is 6.54 Å². The molecule has 0 aliphatic rings. The molecule has 1 atom stereocenters. The van der Waals surface area contributed by atoms with Crippen LogP contribution in [0, 0.1) is 0 Å². The van der Waals surface area contributed by atoms with Crippen LogP contribution in [-0.4, -0.2) is 55.4 Å². The van der Waals surface area contributed by atoms with Crippen molar-refractivity contribution in [2.24, 2.45) is 0 Å². The molecule has 7 nitrogen and oxygen atoms in total. The van der Waals surface area contributed by atoms with Gasteiger partial charge in [0, 0.05) is 35.9 Å². The Morgan fingerprint density at radius 2 is 2.38 bits per heavy atom. The highest BCUT2D eigenvalue weighted by atomic mass is 32.2. The molecule has 0 amide bonds. The van der Waals surface area contributed by atoms with Crippen LogP contribution in [0.5, 0.6) is 0 Å². The number of carbonyl (C=O) groups is 1. The average Bonchev–Trinajstić information content (AvgIpc) is 2.65. The molecule has 1 unspecified atom stereocenters. The van der Waals surface area contributed by atoms with E-state index in [4.69, 9.17) is 5.11 Å². The number of hydrogen-bond donors (Lipinski definition) is 2. The summed E-state index contributed by atoms with van der Waals surface area (Å²) in [5, 5.41) is 18.8. The van der Waals surface area contributed by atoms with Gasteiger partial charge in [-0.05, 0) is 0 Å². The van der Waals surface area contributed by atoms with Gasteiger partial charge in [-0.15, -0.1) is 5.10 Å². The summed E-state index contributed by atoms with van der Waals surface area (Å²) in [6.07, 6.45) is 3.03. The van der Waals surface area contributed by atoms with E-state index >= 15 is 0 Å². The van der Waals surface area contributed by atoms with E-state index in [1.54, 1.807) is 6.26 Å². The van der Waals surface area contributed by atoms with Gasteiger partial charge in [-0.2, -0.15) is 0 Å². The van der Waals surface area contributed by atoms with Gasteiger partial charge in [0.25, 0.3) is 0 Å². The first kappa shape index (κ1) is 12.8. The molecule has 0 saturated carbocycles. The Hall–Kier alpha value is -1.28. The average molecular weight is 246 g/mol. The van der Waals surface area contributed by atoms with Crippen LogP contribution in [0.1, 0.15) is 10.5 Å². The maximum atomic E-state index is 10.7. The second-order valence-electron chi connectivity index (χ2n) is 3.20. The lowest BCUT2D eigenvalue weighted by molar-refractivity contribution is 0.0690. The van der Waals surface area contributed by atoms with Gasteiger partial charge in [0.1, 0.15) is 0 Å². The molecule has 8 heteroatoms. The molecular formula is C8H14N4O3S. The highest BCUT2D eigenvalue weighted by Crippen LogP contribution is 1.91. The van der Waals surface area contributed by atoms with E-state index in [-0.39, 0.29) is 5.69 Å². The highest BCUT2D eigenvalue weighted by molar-refractivity contribution is 7.84. The van der Waals surface area contributed by atoms with Gasteiger partial charge in [0.05, 0.1) is 12.7 Å². The summed E-state index contributed by atoms with van der Waals surface area (Å²) in [5.41, 5.74) is -0.0605. The largest absolute Gasteiger partial charge is 0.476 e. The second kappa shape index (κ2) is 6.33. The fourth-order valence-electron chi connectivity index (χ4n) is 1.04. The summed E-state index contributed by atoms with van der Waals surface area (Å²) in [7, 11) is -0.791. The Balaban J connectivity index is 2.21. The van der Waals surface area contributed by atoms with Crippen LogP contribution in [0.2, 0.25) is 0 Å². The monoisotopic (exact) mass is 246 g/mol. The van der Waals surface area contributed by atoms with Gasteiger partial charge in [-0.3, -0.25) is 8.89 Å². The highest BCUT2D eigenvalue weighted by Gasteiger charge is 2.07. The standard InChI is InChI=1S/C8H14N4O3S/c1-16(15)5-3-9-2-4-12-6-7(8(13)14)10-11-12/h6,9H,2-5H2,1H3,(H,13,14). The Morgan fingerprint density at radius 1 is 1.62 bits per heavy atom. The van der Waals surface area contributed by atoms with Gasteiger partial charge in [-0.25, -0.2) is 4.79 Å². The molecule has 16 heavy (non-hydrogen) atoms. The second-order valence-corrected chi connectivity index (χ2v) is 4.75. The molecule has 0 fully saturated rings. The maximum absolute atomic E-state index is 10.7. The summed E-state index contributed by atoms with van der Waals surface area (Å²) in [6.45, 7) is 1.85. The zero-order chi connectivity index (χ0) is 12.0. The SMILES string of the molecule is CS(=O)CCNCCn1cc(C(=O)O)nn1. The number of rotatable bonds is 7. The Labute approximate surface area is 95.3 Å². The fraction of sp³-hybridized carbons (Fsp3) is 0.625. The number of carboxylic acid groups (broad SMARTS) is 1. The van der Waals surface area contributed by atoms with Gasteiger partial charge in [0.15, 0.2) is 5.69 Å². The molecule has 1 heterocycles. The third kappa shape index (κ3) is 4.49. The zero-order valence-electron chi connectivity index (χ0n) is 8.92. The molecule has 1 aromatic heterocycles. The summed E-state index contributed by atoms with van der Waals surface area (Å²) in [5.74, 6) is -0.474. The van der Waals surface area contributed by atoms with Crippen molar-refractivity contribution in [3.8, 4) is 0 Å². The molecule has 2 N–H and O–H groups in total. The van der Waals surface area contributed by atoms with E-state index < -0.39 is 16.8 Å². The van der Waals surface area contributed by atoms with Crippen LogP contribution < -0.4 is 5.32 Å². The van der Waals surface area contributed by atoms with E-state index in [1.807, 2.05) is 0 Å². The van der Waals surface area contributed by atoms with Crippen molar-refractivity contribution in [1.29, 1.82) is 0 Å². The van der Waals surface area contributed by atoms with Gasteiger partial charge in [0.2, 0.25) is 0 Å². The third-order valence-electron chi connectivity index (χ3n) is 1.84. The molecule has 90 valence electrons. The van der Waals surface area contributed by atoms with Crippen molar-refractivity contribution in [1.82, 2.24) is 20.3 Å². The van der Waals surface area contributed by atoms with Crippen LogP contribution >= 0.6 is 0 Å². The van der Waals surface area contributed by atoms with E-state index in [0.29, 0.717) is 25.4 Å². The van der Waals surface area contributed by atoms with Crippen LogP contribution in [-0.2, 0) is 17.3 Å². The number of nitrogens with zero attached hydrogens (tertiary/aromatic N) is 3. The summed E-state index contributed by atoms with van der Waals surface area (Å²) in [6, 6.07) is 0. The predicted octanol–water partition coefficient (Wildman–Crippen LogP) is -1.06. The van der Waals surface area contributed by atoms with E-state index in [0.717, 1.165) is 0 Å². The minimum Gasteiger partial charge on any atom is -0.476 e. The number of nitrogens with one attached hydrogen (secondary N) is 1. The Kier molecular flexibility index (Phi) is 5.06. The van der Waals surface area contributed by atoms with Crippen LogP contribution in [0.4, 0.5) is 0 Å². The van der Waals surface area contributed by atoms with Crippen LogP contribution in [0.25, 0.3) is 0 Å². The fourth-order valence-corrected chi connectivity index (χ4v) is 1.47. The summed E-state index contributed by atoms with van der Waals surface area (Å²) in [4.78, 5) is 10.5. The topological polar surface area (TPSA) is 97.1 Å². The normalized spacial score (nSPS) is 12.6. The van der Waals surface area contributed by atoms with Gasteiger partial charge < -0.3 is 10.4 Å². The summed E-state index contributed by atoms with van der Waals surface area (Å²) < 4.78 is 12.2. The minimum atomic E-state index is -1.08. The number of carboxylic acids is 1. The van der Waals surface area contributed by atoms with Gasteiger partial charge >= 0.3 is 5.97 Å². The molecule has 0 aromatic carbocycles. The Morgan fingerprint density at radius 3 is 2.94 bits per heavy atom. The van der Waals surface area contributed by atoms with Crippen molar-refractivity contribution in [3.63, 3.8) is 0 Å². The van der Waals surface area contributed by atoms with Crippen molar-refractivity contribution in [2.75, 3.05) is 25.1 Å². The Bertz CT molecular complexity index is 379. The molecular weight excluding hydrogens is 232 g/mol. The molecule has 0 radical (unpaired) electrons. The predicted molar refractivity (Wildman–Crippen MR) is 58.8 cm³/mol. The van der Waals surface area contributed by atoms with Crippen molar-refractivity contribution < 1.29 is 14.1 Å². The smallest absolute Gasteiger partial charge is 0.358 e. The summed E-state index contributed by atoms with van der Waals surface area (Å²) >= 11 is 0. The molecule has 1 aromatic rings. The minimum absolute atomic E-state index is 0.0605. The molecule has 0 saturated heterocycles. The van der Waals surface area contributed by atoms with E-state index in [1.165, 1.54) is 10.9 Å². The lowest BCUT2D eigenvalue weighted by Crippen LogP contribution is -2.24. The molecule has 0 aliphatic heterocycles. The number of aromatic nitrogens is 3. The molecule has 0 spiro atoms. The quantitative estimate of drug-likeness (QED) is 0.595. The third-order valence-corrected chi connectivity index (χ3v) is 2.62. The maximum Gasteiger partial charge on any atom is 0.358 e. The van der Waals surface area contributed by atoms with E-state index in [2.05, 4.69) is 15.6 Å². The van der Waals surface area contributed by atoms with Crippen LogP contribution in [0.15, 0.2) is 6.20 Å². The van der Waals surface area contributed by atoms with Gasteiger partial charge in [-0.1, -0.05) is 5.21 Å². The molecule has 1 rings (SSSR count). The lowest BCUT2D eigenvalue weighted by Gasteiger charge is -2.02.